The van der Waals surface area contributed by atoms with E-state index in [9.17, 15) is 24.1 Å². The number of nitrogens with zero attached hydrogens (tertiary/aromatic N) is 1. The highest BCUT2D eigenvalue weighted by Gasteiger charge is 2.57. The van der Waals surface area contributed by atoms with Gasteiger partial charge in [0, 0.05) is 11.4 Å². The van der Waals surface area contributed by atoms with Crippen molar-refractivity contribution in [3.8, 4) is 5.75 Å². The van der Waals surface area contributed by atoms with Gasteiger partial charge in [-0.3, -0.25) is 14.5 Å². The lowest BCUT2D eigenvalue weighted by atomic mass is 9.58. The van der Waals surface area contributed by atoms with Crippen LogP contribution >= 0.6 is 0 Å². The first-order chi connectivity index (χ1) is 21.8. The smallest absolute Gasteiger partial charge is 0.455 e. The highest BCUT2D eigenvalue weighted by atomic mass is 19.1. The SMILES string of the molecule is CCC1=C2[C@@H](CC/C(=C/c3ccc(O)c(F)c3)CC)OB(O)C[C@@H]2[C@@H]2C(=O)N(c3ccc(Nc4ccccc4)cc3)C(=O)[C@@H]2C1. The topological polar surface area (TPSA) is 99.1 Å². The highest BCUT2D eigenvalue weighted by Crippen LogP contribution is 2.52. The second-order valence-electron chi connectivity index (χ2n) is 12.1. The molecule has 0 radical (unpaired) electrons. The van der Waals surface area contributed by atoms with Crippen molar-refractivity contribution >= 4 is 42.1 Å². The number of hydrogen-bond donors (Lipinski definition) is 3. The number of allylic oxidation sites excluding steroid dienone is 2. The molecule has 2 saturated heterocycles. The Morgan fingerprint density at radius 3 is 2.44 bits per heavy atom. The molecule has 2 heterocycles. The minimum atomic E-state index is -1.04. The fourth-order valence-electron chi connectivity index (χ4n) is 7.26. The van der Waals surface area contributed by atoms with Crippen LogP contribution in [0.25, 0.3) is 6.08 Å². The van der Waals surface area contributed by atoms with Gasteiger partial charge in [0.1, 0.15) is 0 Å². The molecule has 232 valence electrons. The number of aromatic hydroxyl groups is 1. The van der Waals surface area contributed by atoms with Crippen molar-refractivity contribution in [2.24, 2.45) is 17.8 Å². The minimum Gasteiger partial charge on any atom is -0.505 e. The van der Waals surface area contributed by atoms with E-state index in [1.165, 1.54) is 17.0 Å². The summed E-state index contributed by atoms with van der Waals surface area (Å²) in [5, 5.41) is 23.7. The van der Waals surface area contributed by atoms with Crippen LogP contribution in [0.4, 0.5) is 21.5 Å². The van der Waals surface area contributed by atoms with E-state index in [0.29, 0.717) is 30.5 Å². The summed E-state index contributed by atoms with van der Waals surface area (Å²) in [6, 6.07) is 21.4. The molecule has 0 spiro atoms. The molecule has 0 unspecified atom stereocenters. The Hall–Kier alpha value is -4.21. The maximum Gasteiger partial charge on any atom is 0.455 e. The largest absolute Gasteiger partial charge is 0.505 e. The summed E-state index contributed by atoms with van der Waals surface area (Å²) >= 11 is 0. The third-order valence-corrected chi connectivity index (χ3v) is 9.45. The molecule has 3 aliphatic rings. The van der Waals surface area contributed by atoms with Gasteiger partial charge in [-0.15, -0.1) is 0 Å². The number of carbonyl (C=O) groups is 2. The number of amides is 2. The van der Waals surface area contributed by atoms with Gasteiger partial charge in [0.05, 0.1) is 23.6 Å². The molecule has 9 heteroatoms. The van der Waals surface area contributed by atoms with E-state index in [-0.39, 0.29) is 35.9 Å². The Morgan fingerprint density at radius 1 is 1.02 bits per heavy atom. The van der Waals surface area contributed by atoms with Gasteiger partial charge in [-0.2, -0.15) is 0 Å². The third-order valence-electron chi connectivity index (χ3n) is 9.45. The molecule has 45 heavy (non-hydrogen) atoms. The van der Waals surface area contributed by atoms with Crippen molar-refractivity contribution in [2.45, 2.75) is 58.4 Å². The molecular formula is C36H38BFN2O5. The van der Waals surface area contributed by atoms with Crippen LogP contribution in [0.2, 0.25) is 6.32 Å². The lowest BCUT2D eigenvalue weighted by Gasteiger charge is -2.43. The molecule has 1 aliphatic carbocycles. The molecule has 2 amide bonds. The number of anilines is 3. The Morgan fingerprint density at radius 2 is 1.76 bits per heavy atom. The van der Waals surface area contributed by atoms with E-state index in [1.54, 1.807) is 18.2 Å². The number of phenols is 1. The van der Waals surface area contributed by atoms with Crippen molar-refractivity contribution in [2.75, 3.05) is 10.2 Å². The normalized spacial score (nSPS) is 23.3. The molecule has 3 N–H and O–H groups in total. The minimum absolute atomic E-state index is 0.186. The van der Waals surface area contributed by atoms with Crippen molar-refractivity contribution < 1.29 is 28.8 Å². The van der Waals surface area contributed by atoms with Crippen LogP contribution in [-0.2, 0) is 14.2 Å². The summed E-state index contributed by atoms with van der Waals surface area (Å²) in [6.45, 7) is 4.10. The summed E-state index contributed by atoms with van der Waals surface area (Å²) in [4.78, 5) is 29.2. The number of phenolic OH excluding ortho intramolecular Hbond substituents is 1. The van der Waals surface area contributed by atoms with Crippen LogP contribution in [-0.4, -0.2) is 35.2 Å². The van der Waals surface area contributed by atoms with E-state index >= 15 is 0 Å². The average Bonchev–Trinajstić information content (AvgIpc) is 3.30. The number of carbonyl (C=O) groups excluding carboxylic acids is 2. The fraction of sp³-hybridized carbons (Fsp3) is 0.333. The number of nitrogens with one attached hydrogen (secondary N) is 1. The fourth-order valence-corrected chi connectivity index (χ4v) is 7.26. The van der Waals surface area contributed by atoms with Gasteiger partial charge < -0.3 is 20.1 Å². The van der Waals surface area contributed by atoms with Crippen molar-refractivity contribution in [1.82, 2.24) is 0 Å². The number of fused-ring (bicyclic) bond motifs is 3. The maximum absolute atomic E-state index is 14.0. The van der Waals surface area contributed by atoms with Gasteiger partial charge in [0.15, 0.2) is 11.6 Å². The monoisotopic (exact) mass is 608 g/mol. The third kappa shape index (κ3) is 6.19. The Kier molecular flexibility index (Phi) is 8.92. The Balaban J connectivity index is 1.22. The highest BCUT2D eigenvalue weighted by molar-refractivity contribution is 6.43. The van der Waals surface area contributed by atoms with Crippen LogP contribution in [0.3, 0.4) is 0 Å². The summed E-state index contributed by atoms with van der Waals surface area (Å²) in [6.07, 6.45) is 5.02. The number of hydrogen-bond acceptors (Lipinski definition) is 6. The molecule has 7 nitrogen and oxygen atoms in total. The predicted octanol–water partition coefficient (Wildman–Crippen LogP) is 7.26. The average molecular weight is 609 g/mol. The summed E-state index contributed by atoms with van der Waals surface area (Å²) in [5.74, 6) is -2.76. The van der Waals surface area contributed by atoms with E-state index in [2.05, 4.69) is 12.2 Å². The summed E-state index contributed by atoms with van der Waals surface area (Å²) in [5.41, 5.74) is 6.27. The lowest BCUT2D eigenvalue weighted by Crippen LogP contribution is -2.46. The second kappa shape index (κ2) is 13.0. The van der Waals surface area contributed by atoms with E-state index in [1.807, 2.05) is 55.5 Å². The molecule has 3 aromatic rings. The van der Waals surface area contributed by atoms with Gasteiger partial charge in [-0.1, -0.05) is 55.3 Å². The van der Waals surface area contributed by atoms with E-state index in [0.717, 1.165) is 40.9 Å². The molecule has 2 fully saturated rings. The molecule has 0 aromatic heterocycles. The molecular weight excluding hydrogens is 570 g/mol. The van der Waals surface area contributed by atoms with Gasteiger partial charge >= 0.3 is 7.12 Å². The predicted molar refractivity (Wildman–Crippen MR) is 174 cm³/mol. The quantitative estimate of drug-likeness (QED) is 0.134. The van der Waals surface area contributed by atoms with Gasteiger partial charge in [0.25, 0.3) is 0 Å². The second-order valence-corrected chi connectivity index (χ2v) is 12.1. The van der Waals surface area contributed by atoms with Crippen LogP contribution in [0, 0.1) is 23.6 Å². The standard InChI is InChI=1S/C36H38BFN2O5/c1-3-22(18-23-10-16-31(41)30(38)19-23)11-17-32-33-24(4-2)20-28-34(29(33)21-37(44)45-32)36(43)40(35(28)42)27-14-12-26(13-15-27)39-25-8-6-5-7-9-25/h5-10,12-16,18-19,28-29,32,34,39,41,44H,3-4,11,17,20-21H2,1-2H3/b22-18+/t28-,29+,32-,34-/m1/s1. The molecule has 4 atom stereocenters. The number of benzene rings is 3. The van der Waals surface area contributed by atoms with Crippen molar-refractivity contribution in [3.63, 3.8) is 0 Å². The van der Waals surface area contributed by atoms with Crippen LogP contribution in [0.1, 0.15) is 51.5 Å². The van der Waals surface area contributed by atoms with Gasteiger partial charge in [-0.05, 0) is 104 Å². The summed E-state index contributed by atoms with van der Waals surface area (Å²) < 4.78 is 20.0. The first kappa shape index (κ1) is 30.8. The number of halogens is 1. The molecule has 6 rings (SSSR count). The van der Waals surface area contributed by atoms with Crippen molar-refractivity contribution in [3.05, 3.63) is 101 Å². The molecule has 0 saturated carbocycles. The van der Waals surface area contributed by atoms with Crippen molar-refractivity contribution in [1.29, 1.82) is 0 Å². The molecule has 3 aromatic carbocycles. The Labute approximate surface area is 263 Å². The first-order valence-electron chi connectivity index (χ1n) is 15.8. The Bertz CT molecular complexity index is 1640. The summed E-state index contributed by atoms with van der Waals surface area (Å²) in [7, 11) is -1.04. The van der Waals surface area contributed by atoms with Crippen LogP contribution < -0.4 is 10.2 Å². The number of rotatable bonds is 9. The molecule has 2 aliphatic heterocycles. The van der Waals surface area contributed by atoms with E-state index < -0.39 is 24.8 Å². The zero-order valence-electron chi connectivity index (χ0n) is 25.6. The zero-order valence-corrected chi connectivity index (χ0v) is 25.6. The first-order valence-corrected chi connectivity index (χ1v) is 15.8. The van der Waals surface area contributed by atoms with Gasteiger partial charge in [-0.25, -0.2) is 4.39 Å². The maximum atomic E-state index is 14.0. The van der Waals surface area contributed by atoms with Gasteiger partial charge in [0.2, 0.25) is 11.8 Å². The number of para-hydroxylation sites is 1. The number of imide groups is 1. The van der Waals surface area contributed by atoms with Crippen LogP contribution in [0.15, 0.2) is 89.5 Å². The molecule has 0 bridgehead atoms. The van der Waals surface area contributed by atoms with E-state index in [4.69, 9.17) is 4.65 Å². The van der Waals surface area contributed by atoms with Crippen LogP contribution in [0.5, 0.6) is 5.75 Å². The lowest BCUT2D eigenvalue weighted by molar-refractivity contribution is -0.122. The zero-order chi connectivity index (χ0) is 31.7.